The Hall–Kier alpha value is -1.71. The van der Waals surface area contributed by atoms with E-state index in [1.54, 1.807) is 0 Å². The van der Waals surface area contributed by atoms with Crippen molar-refractivity contribution in [1.82, 2.24) is 19.5 Å². The average molecular weight is 442 g/mol. The van der Waals surface area contributed by atoms with Gasteiger partial charge in [0.1, 0.15) is 18.3 Å². The van der Waals surface area contributed by atoms with Crippen LogP contribution in [0, 0.1) is 0 Å². The number of ether oxygens (including phenoxy) is 1. The van der Waals surface area contributed by atoms with Gasteiger partial charge in [-0.1, -0.05) is 0 Å². The summed E-state index contributed by atoms with van der Waals surface area (Å²) in [5, 5.41) is 20.3. The van der Waals surface area contributed by atoms with Crippen molar-refractivity contribution >= 4 is 32.7 Å². The Kier molecular flexibility index (Phi) is 5.46. The van der Waals surface area contributed by atoms with E-state index in [9.17, 15) is 29.0 Å². The lowest BCUT2D eigenvalue weighted by molar-refractivity contribution is -0.0501. The predicted molar refractivity (Wildman–Crippen MR) is 89.4 cm³/mol. The Morgan fingerprint density at radius 1 is 1.32 bits per heavy atom. The van der Waals surface area contributed by atoms with Gasteiger partial charge in [0, 0.05) is 0 Å². The van der Waals surface area contributed by atoms with Crippen LogP contribution in [0.15, 0.2) is 11.1 Å². The molecule has 6 unspecified atom stereocenters. The van der Waals surface area contributed by atoms with Gasteiger partial charge < -0.3 is 30.5 Å². The number of anilines is 1. The summed E-state index contributed by atoms with van der Waals surface area (Å²) in [6.07, 6.45) is -4.74. The Morgan fingerprint density at radius 2 is 2.00 bits per heavy atom. The van der Waals surface area contributed by atoms with Gasteiger partial charge in [-0.2, -0.15) is 9.29 Å². The van der Waals surface area contributed by atoms with Crippen LogP contribution in [0.3, 0.4) is 0 Å². The lowest BCUT2D eigenvalue weighted by Crippen LogP contribution is -2.33. The molecule has 0 amide bonds. The lowest BCUT2D eigenvalue weighted by Gasteiger charge is -2.18. The number of fused-ring (bicyclic) bond motifs is 1. The van der Waals surface area contributed by atoms with Crippen molar-refractivity contribution in [2.75, 3.05) is 12.3 Å². The van der Waals surface area contributed by atoms with E-state index < -0.39 is 52.3 Å². The van der Waals surface area contributed by atoms with Crippen molar-refractivity contribution in [3.05, 3.63) is 16.7 Å². The summed E-state index contributed by atoms with van der Waals surface area (Å²) in [5.74, 6) is -0.222. The molecule has 1 aliphatic heterocycles. The van der Waals surface area contributed by atoms with Crippen LogP contribution in [0.4, 0.5) is 5.95 Å². The van der Waals surface area contributed by atoms with Crippen LogP contribution in [0.25, 0.3) is 11.2 Å². The highest BCUT2D eigenvalue weighted by atomic mass is 31.3. The van der Waals surface area contributed by atoms with Gasteiger partial charge in [0.15, 0.2) is 17.4 Å². The SMILES string of the molecule is Nc1nc2c(ncn2C2OC(COP(=O)(O)OP(N)(=O)O)C(O)C2O)c(=O)[nH]1. The van der Waals surface area contributed by atoms with Gasteiger partial charge >= 0.3 is 15.6 Å². The van der Waals surface area contributed by atoms with Crippen molar-refractivity contribution in [2.24, 2.45) is 5.50 Å². The molecule has 0 radical (unpaired) electrons. The van der Waals surface area contributed by atoms with Gasteiger partial charge in [0.2, 0.25) is 5.95 Å². The molecular weight excluding hydrogens is 426 g/mol. The molecule has 1 aliphatic rings. The standard InChI is InChI=1S/C10H16N6O10P2/c11-10-14-7-4(8(19)15-10)13-2-16(7)9-6(18)5(17)3(25-9)1-24-28(22,23)26-27(12,20)21/h2-3,5-6,9,17-18H,1H2,(H,22,23)(H3,12,20,21)(H3,11,14,15,19). The van der Waals surface area contributed by atoms with E-state index in [1.807, 2.05) is 0 Å². The molecule has 0 saturated carbocycles. The smallest absolute Gasteiger partial charge is 0.387 e. The number of nitrogens with zero attached hydrogens (tertiary/aromatic N) is 3. The molecule has 1 saturated heterocycles. The number of nitrogens with one attached hydrogen (secondary N) is 1. The van der Waals surface area contributed by atoms with E-state index in [0.717, 1.165) is 10.9 Å². The molecule has 0 bridgehead atoms. The Morgan fingerprint density at radius 3 is 2.64 bits per heavy atom. The number of hydrogen-bond acceptors (Lipinski definition) is 11. The number of phosphoric acid groups is 1. The van der Waals surface area contributed by atoms with Crippen LogP contribution in [0.2, 0.25) is 0 Å². The number of nitrogen functional groups attached to an aromatic ring is 1. The van der Waals surface area contributed by atoms with E-state index in [2.05, 4.69) is 29.3 Å². The summed E-state index contributed by atoms with van der Waals surface area (Å²) in [7, 11) is -9.87. The molecule has 0 aliphatic carbocycles. The summed E-state index contributed by atoms with van der Waals surface area (Å²) in [6, 6.07) is 0. The van der Waals surface area contributed by atoms with Crippen LogP contribution in [0.1, 0.15) is 6.23 Å². The third kappa shape index (κ3) is 4.31. The fraction of sp³-hybridized carbons (Fsp3) is 0.500. The number of aliphatic hydroxyl groups excluding tert-OH is 2. The number of aromatic amines is 1. The number of aromatic nitrogens is 4. The van der Waals surface area contributed by atoms with Gasteiger partial charge in [-0.05, 0) is 0 Å². The summed E-state index contributed by atoms with van der Waals surface area (Å²) < 4.78 is 37.2. The van der Waals surface area contributed by atoms with Crippen LogP contribution in [-0.4, -0.2) is 64.4 Å². The van der Waals surface area contributed by atoms with Crippen LogP contribution in [-0.2, 0) is 22.7 Å². The van der Waals surface area contributed by atoms with Crippen molar-refractivity contribution < 1.29 is 42.7 Å². The molecule has 0 aromatic carbocycles. The maximum absolute atomic E-state index is 11.8. The zero-order valence-electron chi connectivity index (χ0n) is 13.7. The molecule has 156 valence electrons. The molecule has 2 aromatic rings. The number of imidazole rings is 1. The monoisotopic (exact) mass is 442 g/mol. The number of rotatable bonds is 6. The van der Waals surface area contributed by atoms with E-state index in [1.165, 1.54) is 0 Å². The number of phosphoric ester groups is 1. The number of nitrogens with two attached hydrogens (primary N) is 2. The lowest BCUT2D eigenvalue weighted by atomic mass is 10.1. The first-order valence-electron chi connectivity index (χ1n) is 7.42. The van der Waals surface area contributed by atoms with Gasteiger partial charge in [0.25, 0.3) is 5.56 Å². The first-order chi connectivity index (χ1) is 12.9. The second-order valence-corrected chi connectivity index (χ2v) is 8.71. The average Bonchev–Trinajstić information content (AvgIpc) is 3.06. The quantitative estimate of drug-likeness (QED) is 0.228. The highest BCUT2D eigenvalue weighted by Crippen LogP contribution is 2.56. The molecule has 6 atom stereocenters. The van der Waals surface area contributed by atoms with Gasteiger partial charge in [-0.3, -0.25) is 18.9 Å². The van der Waals surface area contributed by atoms with Crippen LogP contribution < -0.4 is 16.8 Å². The van der Waals surface area contributed by atoms with Crippen molar-refractivity contribution in [2.45, 2.75) is 24.5 Å². The van der Waals surface area contributed by atoms with Gasteiger partial charge in [0.05, 0.1) is 12.9 Å². The summed E-state index contributed by atoms with van der Waals surface area (Å²) in [6.45, 7) is -0.814. The maximum atomic E-state index is 11.8. The molecule has 3 heterocycles. The summed E-state index contributed by atoms with van der Waals surface area (Å²) in [4.78, 5) is 39.9. The second-order valence-electron chi connectivity index (χ2n) is 5.73. The Bertz CT molecular complexity index is 1030. The minimum atomic E-state index is -5.05. The van der Waals surface area contributed by atoms with Crippen LogP contribution >= 0.6 is 15.6 Å². The largest absolute Gasteiger partial charge is 0.480 e. The highest BCUT2D eigenvalue weighted by molar-refractivity contribution is 7.62. The van der Waals surface area contributed by atoms with E-state index >= 15 is 0 Å². The van der Waals surface area contributed by atoms with E-state index in [4.69, 9.17) is 15.4 Å². The Labute approximate surface area is 154 Å². The topological polar surface area (TPSA) is 258 Å². The second kappa shape index (κ2) is 7.27. The number of aliphatic hydroxyl groups is 2. The van der Waals surface area contributed by atoms with Gasteiger partial charge in [-0.25, -0.2) is 19.6 Å². The minimum Gasteiger partial charge on any atom is -0.387 e. The molecule has 16 nitrogen and oxygen atoms in total. The number of H-pyrrole nitrogens is 1. The van der Waals surface area contributed by atoms with E-state index in [0.29, 0.717) is 0 Å². The normalized spacial score (nSPS) is 29.6. The summed E-state index contributed by atoms with van der Waals surface area (Å²) in [5.41, 5.74) is 9.32. The first kappa shape index (κ1) is 21.0. The van der Waals surface area contributed by atoms with Crippen molar-refractivity contribution in [1.29, 1.82) is 0 Å². The summed E-state index contributed by atoms with van der Waals surface area (Å²) >= 11 is 0. The predicted octanol–water partition coefficient (Wildman–Crippen LogP) is -2.49. The highest BCUT2D eigenvalue weighted by Gasteiger charge is 2.45. The van der Waals surface area contributed by atoms with Crippen LogP contribution in [0.5, 0.6) is 0 Å². The zero-order chi connectivity index (χ0) is 20.9. The van der Waals surface area contributed by atoms with Crippen molar-refractivity contribution in [3.8, 4) is 0 Å². The first-order valence-corrected chi connectivity index (χ1v) is 10.6. The molecule has 18 heteroatoms. The number of hydrogen-bond donors (Lipinski definition) is 7. The molecule has 3 rings (SSSR count). The zero-order valence-corrected chi connectivity index (χ0v) is 15.5. The third-order valence-corrected chi connectivity index (χ3v) is 5.92. The molecule has 9 N–H and O–H groups in total. The minimum absolute atomic E-state index is 0.0421. The molecule has 2 aromatic heterocycles. The molecular formula is C10H16N6O10P2. The maximum Gasteiger partial charge on any atom is 0.480 e. The Balaban J connectivity index is 1.79. The third-order valence-electron chi connectivity index (χ3n) is 3.68. The molecule has 28 heavy (non-hydrogen) atoms. The van der Waals surface area contributed by atoms with Gasteiger partial charge in [-0.15, -0.1) is 0 Å². The fourth-order valence-electron chi connectivity index (χ4n) is 2.57. The fourth-order valence-corrected chi connectivity index (χ4v) is 4.27. The van der Waals surface area contributed by atoms with E-state index in [-0.39, 0.29) is 17.1 Å². The molecule has 0 spiro atoms. The van der Waals surface area contributed by atoms with Crippen molar-refractivity contribution in [3.63, 3.8) is 0 Å². The molecule has 1 fully saturated rings.